The Labute approximate surface area is 318 Å². The zero-order valence-corrected chi connectivity index (χ0v) is 35.4. The Balaban J connectivity index is 1.41. The molecule has 0 amide bonds. The third kappa shape index (κ3) is 25.0. The van der Waals surface area contributed by atoms with E-state index in [1.54, 1.807) is 0 Å². The summed E-state index contributed by atoms with van der Waals surface area (Å²) >= 11 is 0. The lowest BCUT2D eigenvalue weighted by Gasteiger charge is -2.37. The molecule has 2 heteroatoms. The van der Waals surface area contributed by atoms with Crippen molar-refractivity contribution in [2.75, 3.05) is 52.4 Å². The van der Waals surface area contributed by atoms with Gasteiger partial charge in [-0.05, 0) is 25.7 Å². The fraction of sp³-hybridized carbons (Fsp3) is 1.00. The van der Waals surface area contributed by atoms with Crippen molar-refractivity contribution in [3.63, 3.8) is 0 Å². The summed E-state index contributed by atoms with van der Waals surface area (Å²) in [6, 6.07) is 0. The summed E-state index contributed by atoms with van der Waals surface area (Å²) in [6.45, 7) is 16.6. The van der Waals surface area contributed by atoms with Crippen molar-refractivity contribution in [3.05, 3.63) is 0 Å². The van der Waals surface area contributed by atoms with Gasteiger partial charge in [0.05, 0.1) is 52.4 Å². The first-order valence-corrected chi connectivity index (χ1v) is 24.4. The largest absolute Gasteiger partial charge is 0.324 e. The predicted molar refractivity (Wildman–Crippen MR) is 226 cm³/mol. The average molecular weight is 703 g/mol. The second kappa shape index (κ2) is 33.5. The zero-order chi connectivity index (χ0) is 35.5. The van der Waals surface area contributed by atoms with E-state index in [2.05, 4.69) is 13.8 Å². The molecule has 2 saturated heterocycles. The Morgan fingerprint density at radius 3 is 0.580 bits per heavy atom. The standard InChI is InChI=1S/C48H98N2/c1-3-5-7-9-11-13-15-17-19-21-23-25-27-29-31-33-41-49(43-35-36-44-49)47-39-40-48-50(45-37-38-46-50)42-34-32-30-28-26-24-22-20-18-16-14-12-10-8-6-4-2/h3-48H2,1-2H3/q+2. The lowest BCUT2D eigenvalue weighted by atomic mass is 10.0. The van der Waals surface area contributed by atoms with Crippen LogP contribution in [0.3, 0.4) is 0 Å². The summed E-state index contributed by atoms with van der Waals surface area (Å²) in [5.41, 5.74) is 0. The van der Waals surface area contributed by atoms with E-state index in [1.807, 2.05) is 0 Å². The van der Waals surface area contributed by atoms with Crippen LogP contribution in [0.5, 0.6) is 0 Å². The van der Waals surface area contributed by atoms with E-state index in [1.165, 1.54) is 305 Å². The van der Waals surface area contributed by atoms with Crippen LogP contribution in [0, 0.1) is 0 Å². The molecule has 2 aliphatic rings. The molecule has 0 saturated carbocycles. The Kier molecular flexibility index (Phi) is 30.9. The van der Waals surface area contributed by atoms with Gasteiger partial charge in [0.25, 0.3) is 0 Å². The third-order valence-electron chi connectivity index (χ3n) is 13.5. The van der Waals surface area contributed by atoms with Crippen LogP contribution in [-0.2, 0) is 0 Å². The molecule has 0 aromatic heterocycles. The van der Waals surface area contributed by atoms with E-state index in [4.69, 9.17) is 0 Å². The maximum absolute atomic E-state index is 2.32. The summed E-state index contributed by atoms with van der Waals surface area (Å²) in [7, 11) is 0. The molecule has 2 nitrogen and oxygen atoms in total. The van der Waals surface area contributed by atoms with Gasteiger partial charge in [-0.25, -0.2) is 0 Å². The molecule has 50 heavy (non-hydrogen) atoms. The monoisotopic (exact) mass is 703 g/mol. The van der Waals surface area contributed by atoms with Crippen LogP contribution in [0.1, 0.15) is 258 Å². The first kappa shape index (κ1) is 46.1. The molecule has 0 bridgehead atoms. The lowest BCUT2D eigenvalue weighted by Crippen LogP contribution is -2.48. The maximum atomic E-state index is 2.32. The molecular formula is C48H98N2+2. The number of hydrogen-bond acceptors (Lipinski definition) is 0. The number of unbranched alkanes of at least 4 members (excludes halogenated alkanes) is 31. The van der Waals surface area contributed by atoms with Crippen molar-refractivity contribution in [1.29, 1.82) is 0 Å². The highest BCUT2D eigenvalue weighted by molar-refractivity contribution is 4.60. The van der Waals surface area contributed by atoms with Crippen LogP contribution in [0.2, 0.25) is 0 Å². The third-order valence-corrected chi connectivity index (χ3v) is 13.5. The van der Waals surface area contributed by atoms with E-state index in [0.29, 0.717) is 0 Å². The number of nitrogens with zero attached hydrogens (tertiary/aromatic N) is 2. The fourth-order valence-corrected chi connectivity index (χ4v) is 10.0. The fourth-order valence-electron chi connectivity index (χ4n) is 10.0. The molecule has 2 rings (SSSR count). The van der Waals surface area contributed by atoms with E-state index in [-0.39, 0.29) is 0 Å². The van der Waals surface area contributed by atoms with Crippen LogP contribution in [-0.4, -0.2) is 61.3 Å². The van der Waals surface area contributed by atoms with Crippen molar-refractivity contribution in [2.24, 2.45) is 0 Å². The second-order valence-corrected chi connectivity index (χ2v) is 18.2. The van der Waals surface area contributed by atoms with Crippen LogP contribution < -0.4 is 0 Å². The van der Waals surface area contributed by atoms with Crippen LogP contribution in [0.4, 0.5) is 0 Å². The molecule has 0 atom stereocenters. The summed E-state index contributed by atoms with van der Waals surface area (Å²) in [5, 5.41) is 0. The minimum atomic E-state index is 1.37. The zero-order valence-electron chi connectivity index (χ0n) is 35.4. The van der Waals surface area contributed by atoms with Crippen LogP contribution in [0.25, 0.3) is 0 Å². The van der Waals surface area contributed by atoms with Crippen molar-refractivity contribution < 1.29 is 8.97 Å². The Bertz CT molecular complexity index is 618. The summed E-state index contributed by atoms with van der Waals surface area (Å²) in [4.78, 5) is 0. The summed E-state index contributed by atoms with van der Waals surface area (Å²) in [6.07, 6.45) is 56.4. The molecule has 0 aliphatic carbocycles. The molecule has 298 valence electrons. The quantitative estimate of drug-likeness (QED) is 0.0442. The summed E-state index contributed by atoms with van der Waals surface area (Å²) < 4.78 is 3.00. The maximum Gasteiger partial charge on any atom is 0.0788 e. The minimum absolute atomic E-state index is 1.37. The average Bonchev–Trinajstić information content (AvgIpc) is 3.80. The highest BCUT2D eigenvalue weighted by Crippen LogP contribution is 2.26. The van der Waals surface area contributed by atoms with Gasteiger partial charge in [-0.2, -0.15) is 0 Å². The lowest BCUT2D eigenvalue weighted by molar-refractivity contribution is -0.923. The molecule has 2 heterocycles. The van der Waals surface area contributed by atoms with Gasteiger partial charge in [0, 0.05) is 38.5 Å². The van der Waals surface area contributed by atoms with Crippen molar-refractivity contribution in [3.8, 4) is 0 Å². The van der Waals surface area contributed by atoms with Crippen molar-refractivity contribution >= 4 is 0 Å². The van der Waals surface area contributed by atoms with Gasteiger partial charge in [0.2, 0.25) is 0 Å². The SMILES string of the molecule is CCCCCCCCCCCCCCCCCC[N+]1(CCCC[N+]2(CCCCCCCCCCCCCCCCCC)CCCC2)CCCC1. The van der Waals surface area contributed by atoms with Gasteiger partial charge >= 0.3 is 0 Å². The van der Waals surface area contributed by atoms with Crippen molar-refractivity contribution in [2.45, 2.75) is 258 Å². The first-order chi connectivity index (χ1) is 24.7. The summed E-state index contributed by atoms with van der Waals surface area (Å²) in [5.74, 6) is 0. The molecular weight excluding hydrogens is 605 g/mol. The first-order valence-electron chi connectivity index (χ1n) is 24.4. The van der Waals surface area contributed by atoms with Crippen LogP contribution >= 0.6 is 0 Å². The van der Waals surface area contributed by atoms with Gasteiger partial charge in [-0.3, -0.25) is 0 Å². The van der Waals surface area contributed by atoms with Crippen LogP contribution in [0.15, 0.2) is 0 Å². The normalized spacial score (nSPS) is 16.9. The smallest absolute Gasteiger partial charge is 0.0788 e. The van der Waals surface area contributed by atoms with E-state index >= 15 is 0 Å². The Morgan fingerprint density at radius 1 is 0.220 bits per heavy atom. The Hall–Kier alpha value is -0.0800. The van der Waals surface area contributed by atoms with Gasteiger partial charge in [0.15, 0.2) is 0 Å². The van der Waals surface area contributed by atoms with E-state index in [9.17, 15) is 0 Å². The number of quaternary nitrogens is 2. The van der Waals surface area contributed by atoms with Gasteiger partial charge < -0.3 is 8.97 Å². The molecule has 0 aromatic rings. The highest BCUT2D eigenvalue weighted by atomic mass is 15.4. The molecule has 0 N–H and O–H groups in total. The predicted octanol–water partition coefficient (Wildman–Crippen LogP) is 15.5. The Morgan fingerprint density at radius 2 is 0.380 bits per heavy atom. The molecule has 2 aliphatic heterocycles. The van der Waals surface area contributed by atoms with Gasteiger partial charge in [-0.1, -0.05) is 194 Å². The minimum Gasteiger partial charge on any atom is -0.324 e. The van der Waals surface area contributed by atoms with Gasteiger partial charge in [0.1, 0.15) is 0 Å². The molecule has 0 unspecified atom stereocenters. The molecule has 2 fully saturated rings. The van der Waals surface area contributed by atoms with E-state index in [0.717, 1.165) is 0 Å². The van der Waals surface area contributed by atoms with E-state index < -0.39 is 0 Å². The molecule has 0 aromatic carbocycles. The van der Waals surface area contributed by atoms with Crippen molar-refractivity contribution in [1.82, 2.24) is 0 Å². The van der Waals surface area contributed by atoms with Gasteiger partial charge in [-0.15, -0.1) is 0 Å². The number of likely N-dealkylation sites (tertiary alicyclic amines) is 2. The molecule has 0 radical (unpaired) electrons. The highest BCUT2D eigenvalue weighted by Gasteiger charge is 2.33. The number of hydrogen-bond donors (Lipinski definition) is 0. The second-order valence-electron chi connectivity index (χ2n) is 18.2. The topological polar surface area (TPSA) is 0 Å². The number of rotatable bonds is 39. The molecule has 0 spiro atoms.